The third kappa shape index (κ3) is 1.62. The molecule has 0 aliphatic heterocycles. The fraction of sp³-hybridized carbons (Fsp3) is 0.385. The Balaban J connectivity index is 2.97. The van der Waals surface area contributed by atoms with Gasteiger partial charge in [0.05, 0.1) is 5.39 Å². The number of hydrogen-bond acceptors (Lipinski definition) is 2. The molecule has 0 amide bonds. The van der Waals surface area contributed by atoms with E-state index in [1.807, 2.05) is 12.3 Å². The van der Waals surface area contributed by atoms with E-state index in [1.165, 1.54) is 5.56 Å². The van der Waals surface area contributed by atoms with E-state index < -0.39 is 0 Å². The van der Waals surface area contributed by atoms with Crippen molar-refractivity contribution < 1.29 is 0 Å². The SMILES string of the molecule is Cn1cc(C(C)(C)C)c2ccncc2c1=O. The molecular weight excluding hydrogens is 200 g/mol. The molecule has 0 spiro atoms. The molecule has 0 fully saturated rings. The van der Waals surface area contributed by atoms with Gasteiger partial charge < -0.3 is 4.57 Å². The van der Waals surface area contributed by atoms with Crippen molar-refractivity contribution in [2.75, 3.05) is 0 Å². The molecule has 2 heterocycles. The number of fused-ring (bicyclic) bond motifs is 1. The first-order chi connectivity index (χ1) is 7.41. The smallest absolute Gasteiger partial charge is 0.259 e. The summed E-state index contributed by atoms with van der Waals surface area (Å²) in [6, 6.07) is 1.91. The fourth-order valence-electron chi connectivity index (χ4n) is 1.91. The summed E-state index contributed by atoms with van der Waals surface area (Å²) in [6.45, 7) is 6.44. The lowest BCUT2D eigenvalue weighted by molar-refractivity contribution is 0.587. The summed E-state index contributed by atoms with van der Waals surface area (Å²) < 4.78 is 1.63. The molecule has 0 N–H and O–H groups in total. The highest BCUT2D eigenvalue weighted by atomic mass is 16.1. The highest BCUT2D eigenvalue weighted by Crippen LogP contribution is 2.27. The lowest BCUT2D eigenvalue weighted by atomic mass is 9.85. The van der Waals surface area contributed by atoms with Gasteiger partial charge in [0.15, 0.2) is 0 Å². The molecule has 16 heavy (non-hydrogen) atoms. The van der Waals surface area contributed by atoms with Gasteiger partial charge in [-0.05, 0) is 22.4 Å². The van der Waals surface area contributed by atoms with Crippen LogP contribution in [0.1, 0.15) is 26.3 Å². The Bertz CT molecular complexity index is 591. The molecule has 0 aliphatic rings. The molecule has 2 aromatic heterocycles. The van der Waals surface area contributed by atoms with Crippen molar-refractivity contribution in [1.29, 1.82) is 0 Å². The number of pyridine rings is 2. The fourth-order valence-corrected chi connectivity index (χ4v) is 1.91. The predicted octanol–water partition coefficient (Wildman–Crippen LogP) is 2.23. The maximum atomic E-state index is 11.9. The van der Waals surface area contributed by atoms with Crippen molar-refractivity contribution in [3.8, 4) is 0 Å². The van der Waals surface area contributed by atoms with E-state index in [0.717, 1.165) is 5.39 Å². The van der Waals surface area contributed by atoms with Gasteiger partial charge in [0, 0.05) is 25.6 Å². The van der Waals surface area contributed by atoms with Crippen LogP contribution in [-0.2, 0) is 12.5 Å². The van der Waals surface area contributed by atoms with Crippen LogP contribution >= 0.6 is 0 Å². The van der Waals surface area contributed by atoms with E-state index >= 15 is 0 Å². The predicted molar refractivity (Wildman–Crippen MR) is 65.7 cm³/mol. The monoisotopic (exact) mass is 216 g/mol. The summed E-state index contributed by atoms with van der Waals surface area (Å²) in [5, 5.41) is 1.70. The van der Waals surface area contributed by atoms with Crippen molar-refractivity contribution in [2.24, 2.45) is 7.05 Å². The van der Waals surface area contributed by atoms with Gasteiger partial charge >= 0.3 is 0 Å². The van der Waals surface area contributed by atoms with Crippen molar-refractivity contribution in [1.82, 2.24) is 9.55 Å². The molecule has 3 heteroatoms. The van der Waals surface area contributed by atoms with Gasteiger partial charge in [-0.1, -0.05) is 20.8 Å². The molecule has 0 radical (unpaired) electrons. The lowest BCUT2D eigenvalue weighted by Crippen LogP contribution is -2.22. The zero-order chi connectivity index (χ0) is 11.9. The molecule has 84 valence electrons. The summed E-state index contributed by atoms with van der Waals surface area (Å²) in [6.07, 6.45) is 5.30. The highest BCUT2D eigenvalue weighted by molar-refractivity contribution is 5.84. The minimum Gasteiger partial charge on any atom is -0.318 e. The first-order valence-corrected chi connectivity index (χ1v) is 5.35. The van der Waals surface area contributed by atoms with Crippen LogP contribution in [-0.4, -0.2) is 9.55 Å². The number of nitrogens with zero attached hydrogens (tertiary/aromatic N) is 2. The van der Waals surface area contributed by atoms with E-state index in [4.69, 9.17) is 0 Å². The molecule has 3 nitrogen and oxygen atoms in total. The van der Waals surface area contributed by atoms with Crippen LogP contribution in [0.25, 0.3) is 10.8 Å². The van der Waals surface area contributed by atoms with Gasteiger partial charge in [-0.2, -0.15) is 0 Å². The molecule has 0 aliphatic carbocycles. The van der Waals surface area contributed by atoms with Gasteiger partial charge in [-0.25, -0.2) is 0 Å². The van der Waals surface area contributed by atoms with Gasteiger partial charge in [0.25, 0.3) is 5.56 Å². The molecule has 2 aromatic rings. The second-order valence-electron chi connectivity index (χ2n) is 5.13. The van der Waals surface area contributed by atoms with Crippen LogP contribution in [0.4, 0.5) is 0 Å². The van der Waals surface area contributed by atoms with Crippen molar-refractivity contribution in [3.05, 3.63) is 40.6 Å². The van der Waals surface area contributed by atoms with Crippen molar-refractivity contribution in [3.63, 3.8) is 0 Å². The first-order valence-electron chi connectivity index (χ1n) is 5.35. The van der Waals surface area contributed by atoms with Gasteiger partial charge in [-0.3, -0.25) is 9.78 Å². The normalized spacial score (nSPS) is 12.0. The van der Waals surface area contributed by atoms with Gasteiger partial charge in [0.2, 0.25) is 0 Å². The first kappa shape index (κ1) is 10.9. The van der Waals surface area contributed by atoms with Crippen molar-refractivity contribution >= 4 is 10.8 Å². The quantitative estimate of drug-likeness (QED) is 0.677. The topological polar surface area (TPSA) is 34.9 Å². The summed E-state index contributed by atoms with van der Waals surface area (Å²) in [7, 11) is 1.78. The molecule has 0 atom stereocenters. The summed E-state index contributed by atoms with van der Waals surface area (Å²) in [4.78, 5) is 16.0. The van der Waals surface area contributed by atoms with E-state index in [0.29, 0.717) is 5.39 Å². The Morgan fingerprint density at radius 2 is 1.94 bits per heavy atom. The summed E-state index contributed by atoms with van der Waals surface area (Å²) in [5.41, 5.74) is 1.20. The maximum absolute atomic E-state index is 11.9. The van der Waals surface area contributed by atoms with E-state index in [2.05, 4.69) is 25.8 Å². The second-order valence-corrected chi connectivity index (χ2v) is 5.13. The van der Waals surface area contributed by atoms with Crippen LogP contribution in [0.2, 0.25) is 0 Å². The zero-order valence-corrected chi connectivity index (χ0v) is 10.1. The third-order valence-electron chi connectivity index (χ3n) is 2.79. The van der Waals surface area contributed by atoms with Crippen LogP contribution in [0.15, 0.2) is 29.5 Å². The van der Waals surface area contributed by atoms with E-state index in [1.54, 1.807) is 24.0 Å². The Morgan fingerprint density at radius 1 is 1.25 bits per heavy atom. The van der Waals surface area contributed by atoms with Crippen LogP contribution in [0.5, 0.6) is 0 Å². The Morgan fingerprint density at radius 3 is 2.56 bits per heavy atom. The summed E-state index contributed by atoms with van der Waals surface area (Å²) >= 11 is 0. The van der Waals surface area contributed by atoms with Crippen LogP contribution < -0.4 is 5.56 Å². The minimum absolute atomic E-state index is 0.0103. The van der Waals surface area contributed by atoms with E-state index in [9.17, 15) is 4.79 Å². The third-order valence-corrected chi connectivity index (χ3v) is 2.79. The zero-order valence-electron chi connectivity index (χ0n) is 10.1. The largest absolute Gasteiger partial charge is 0.318 e. The molecule has 0 unspecified atom stereocenters. The number of aromatic nitrogens is 2. The Hall–Kier alpha value is -1.64. The number of rotatable bonds is 0. The average Bonchev–Trinajstić information content (AvgIpc) is 2.22. The standard InChI is InChI=1S/C13H16N2O/c1-13(2,3)11-8-15(4)12(16)10-7-14-6-5-9(10)11/h5-8H,1-4H3. The minimum atomic E-state index is 0.0103. The molecule has 0 saturated heterocycles. The van der Waals surface area contributed by atoms with Crippen LogP contribution in [0, 0.1) is 0 Å². The summed E-state index contributed by atoms with van der Waals surface area (Å²) in [5.74, 6) is 0. The molecular formula is C13H16N2O. The van der Waals surface area contributed by atoms with Gasteiger partial charge in [-0.15, -0.1) is 0 Å². The number of aryl methyl sites for hydroxylation is 1. The molecule has 0 bridgehead atoms. The van der Waals surface area contributed by atoms with E-state index in [-0.39, 0.29) is 11.0 Å². The Labute approximate surface area is 94.7 Å². The highest BCUT2D eigenvalue weighted by Gasteiger charge is 2.18. The van der Waals surface area contributed by atoms with Crippen LogP contribution in [0.3, 0.4) is 0 Å². The second kappa shape index (κ2) is 3.44. The Kier molecular flexibility index (Phi) is 2.34. The van der Waals surface area contributed by atoms with Gasteiger partial charge in [0.1, 0.15) is 0 Å². The van der Waals surface area contributed by atoms with Crippen molar-refractivity contribution in [2.45, 2.75) is 26.2 Å². The average molecular weight is 216 g/mol. The molecule has 0 aromatic carbocycles. The maximum Gasteiger partial charge on any atom is 0.259 e. The lowest BCUT2D eigenvalue weighted by Gasteiger charge is -2.21. The molecule has 2 rings (SSSR count). The molecule has 0 saturated carbocycles. The number of hydrogen-bond donors (Lipinski definition) is 0.